The maximum atomic E-state index is 12.3. The molecule has 3 heterocycles. The number of hydrogen-bond donors (Lipinski definition) is 2. The van der Waals surface area contributed by atoms with Crippen LogP contribution in [0.2, 0.25) is 0 Å². The van der Waals surface area contributed by atoms with Gasteiger partial charge in [-0.1, -0.05) is 0 Å². The summed E-state index contributed by atoms with van der Waals surface area (Å²) in [6, 6.07) is 4.14. The molecule has 2 N–H and O–H groups in total. The van der Waals surface area contributed by atoms with E-state index in [0.29, 0.717) is 36.4 Å². The van der Waals surface area contributed by atoms with E-state index in [0.717, 1.165) is 21.6 Å². The number of alkyl carbamates (subject to hydrolysis) is 1. The average molecular weight is 468 g/mol. The Bertz CT molecular complexity index is 1190. The van der Waals surface area contributed by atoms with E-state index in [1.807, 2.05) is 30.1 Å². The largest absolute Gasteiger partial charge is 0.446 e. The van der Waals surface area contributed by atoms with Crippen LogP contribution in [-0.2, 0) is 36.0 Å². The van der Waals surface area contributed by atoms with Crippen LogP contribution in [0.25, 0.3) is 6.08 Å². The molecular weight excluding hydrogens is 446 g/mol. The predicted molar refractivity (Wildman–Crippen MR) is 123 cm³/mol. The van der Waals surface area contributed by atoms with Gasteiger partial charge in [-0.15, -0.1) is 11.3 Å². The summed E-state index contributed by atoms with van der Waals surface area (Å²) in [5.74, 6) is -0.283. The summed E-state index contributed by atoms with van der Waals surface area (Å²) in [6.07, 6.45) is 7.73. The SMILES string of the molecule is Cn1cc(CNC(=O)OC2CCc3c(sc(NC(=O)C=Cc4ccsc4)c3C#N)C2)cn1. The average Bonchev–Trinajstić information content (AvgIpc) is 3.50. The summed E-state index contributed by atoms with van der Waals surface area (Å²) in [5, 5.41) is 23.7. The van der Waals surface area contributed by atoms with E-state index < -0.39 is 6.09 Å². The Hall–Kier alpha value is -3.42. The maximum Gasteiger partial charge on any atom is 0.407 e. The van der Waals surface area contributed by atoms with E-state index in [-0.39, 0.29) is 12.0 Å². The van der Waals surface area contributed by atoms with Gasteiger partial charge in [0, 0.05) is 42.7 Å². The Morgan fingerprint density at radius 2 is 2.34 bits per heavy atom. The number of rotatable bonds is 6. The van der Waals surface area contributed by atoms with Crippen LogP contribution in [0.1, 0.15) is 33.6 Å². The Balaban J connectivity index is 1.35. The first-order chi connectivity index (χ1) is 15.5. The van der Waals surface area contributed by atoms with E-state index >= 15 is 0 Å². The van der Waals surface area contributed by atoms with Crippen LogP contribution < -0.4 is 10.6 Å². The fraction of sp³-hybridized carbons (Fsp3) is 0.273. The molecule has 0 fully saturated rings. The molecule has 1 aliphatic rings. The third kappa shape index (κ3) is 5.25. The van der Waals surface area contributed by atoms with Crippen molar-refractivity contribution >= 4 is 45.8 Å². The van der Waals surface area contributed by atoms with Crippen molar-refractivity contribution in [3.8, 4) is 6.07 Å². The number of carbonyl (C=O) groups excluding carboxylic acids is 2. The third-order valence-corrected chi connectivity index (χ3v) is 6.88. The standard InChI is InChI=1S/C22H21N5O3S2/c1-27-12-15(11-25-27)10-24-22(29)30-16-3-4-17-18(9-23)21(32-19(17)8-16)26-20(28)5-2-14-6-7-31-13-14/h2,5-7,11-13,16H,3-4,8,10H2,1H3,(H,24,29)(H,26,28). The minimum Gasteiger partial charge on any atom is -0.446 e. The quantitative estimate of drug-likeness (QED) is 0.535. The topological polar surface area (TPSA) is 109 Å². The molecule has 10 heteroatoms. The van der Waals surface area contributed by atoms with Gasteiger partial charge in [-0.3, -0.25) is 9.48 Å². The number of nitrogens with one attached hydrogen (secondary N) is 2. The highest BCUT2D eigenvalue weighted by Crippen LogP contribution is 2.38. The maximum absolute atomic E-state index is 12.3. The van der Waals surface area contributed by atoms with Crippen molar-refractivity contribution < 1.29 is 14.3 Å². The van der Waals surface area contributed by atoms with Crippen LogP contribution in [0.15, 0.2) is 35.3 Å². The molecule has 3 aromatic rings. The van der Waals surface area contributed by atoms with Gasteiger partial charge in [0.15, 0.2) is 0 Å². The Morgan fingerprint density at radius 3 is 3.06 bits per heavy atom. The zero-order valence-electron chi connectivity index (χ0n) is 17.3. The molecule has 1 atom stereocenters. The fourth-order valence-corrected chi connectivity index (χ4v) is 5.38. The number of amides is 2. The van der Waals surface area contributed by atoms with Crippen molar-refractivity contribution in [2.45, 2.75) is 31.9 Å². The predicted octanol–water partition coefficient (Wildman–Crippen LogP) is 3.85. The first-order valence-electron chi connectivity index (χ1n) is 9.99. The normalized spacial score (nSPS) is 15.2. The highest BCUT2D eigenvalue weighted by Gasteiger charge is 2.28. The Labute approximate surface area is 193 Å². The molecule has 164 valence electrons. The van der Waals surface area contributed by atoms with E-state index in [9.17, 15) is 14.9 Å². The molecule has 1 aliphatic carbocycles. The Kier molecular flexibility index (Phi) is 6.68. The van der Waals surface area contributed by atoms with Crippen LogP contribution in [0.4, 0.5) is 9.80 Å². The smallest absolute Gasteiger partial charge is 0.407 e. The summed E-state index contributed by atoms with van der Waals surface area (Å²) in [6.45, 7) is 0.345. The van der Waals surface area contributed by atoms with E-state index in [1.54, 1.807) is 28.3 Å². The van der Waals surface area contributed by atoms with Gasteiger partial charge >= 0.3 is 6.09 Å². The summed E-state index contributed by atoms with van der Waals surface area (Å²) < 4.78 is 7.24. The zero-order chi connectivity index (χ0) is 22.5. The molecular formula is C22H21N5O3S2. The van der Waals surface area contributed by atoms with Crippen molar-refractivity contribution in [1.82, 2.24) is 15.1 Å². The third-order valence-electron chi connectivity index (χ3n) is 5.01. The highest BCUT2D eigenvalue weighted by atomic mass is 32.1. The summed E-state index contributed by atoms with van der Waals surface area (Å²) in [7, 11) is 1.81. The van der Waals surface area contributed by atoms with Crippen molar-refractivity contribution in [2.24, 2.45) is 7.05 Å². The molecule has 0 spiro atoms. The number of nitriles is 1. The lowest BCUT2D eigenvalue weighted by Gasteiger charge is -2.22. The van der Waals surface area contributed by atoms with Gasteiger partial charge in [-0.05, 0) is 46.9 Å². The van der Waals surface area contributed by atoms with Crippen LogP contribution in [0, 0.1) is 11.3 Å². The number of fused-ring (bicyclic) bond motifs is 1. The first kappa shape index (κ1) is 21.8. The summed E-state index contributed by atoms with van der Waals surface area (Å²) >= 11 is 2.93. The van der Waals surface area contributed by atoms with Crippen LogP contribution in [0.5, 0.6) is 0 Å². The van der Waals surface area contributed by atoms with E-state index in [1.165, 1.54) is 17.4 Å². The lowest BCUT2D eigenvalue weighted by atomic mass is 9.94. The minimum atomic E-state index is -0.480. The molecule has 8 nitrogen and oxygen atoms in total. The first-order valence-corrected chi connectivity index (χ1v) is 11.8. The highest BCUT2D eigenvalue weighted by molar-refractivity contribution is 7.16. The Morgan fingerprint density at radius 1 is 1.47 bits per heavy atom. The number of carbonyl (C=O) groups is 2. The number of hydrogen-bond acceptors (Lipinski definition) is 7. The molecule has 0 saturated heterocycles. The molecule has 32 heavy (non-hydrogen) atoms. The fourth-order valence-electron chi connectivity index (χ4n) is 3.49. The van der Waals surface area contributed by atoms with Crippen LogP contribution >= 0.6 is 22.7 Å². The van der Waals surface area contributed by atoms with Gasteiger partial charge in [-0.2, -0.15) is 21.7 Å². The van der Waals surface area contributed by atoms with Crippen LogP contribution in [-0.4, -0.2) is 27.9 Å². The lowest BCUT2D eigenvalue weighted by Crippen LogP contribution is -2.31. The number of thiophene rings is 2. The second-order valence-corrected chi connectivity index (χ2v) is 9.23. The zero-order valence-corrected chi connectivity index (χ0v) is 19.0. The number of nitrogens with zero attached hydrogens (tertiary/aromatic N) is 3. The minimum absolute atomic E-state index is 0.274. The van der Waals surface area contributed by atoms with Gasteiger partial charge in [0.05, 0.1) is 11.8 Å². The molecule has 0 aromatic carbocycles. The second kappa shape index (κ2) is 9.80. The van der Waals surface area contributed by atoms with Gasteiger partial charge in [0.1, 0.15) is 17.2 Å². The van der Waals surface area contributed by atoms with Gasteiger partial charge in [0.25, 0.3) is 0 Å². The number of ether oxygens (including phenoxy) is 1. The number of aromatic nitrogens is 2. The second-order valence-electron chi connectivity index (χ2n) is 7.34. The molecule has 1 unspecified atom stereocenters. The van der Waals surface area contributed by atoms with Crippen molar-refractivity contribution in [2.75, 3.05) is 5.32 Å². The molecule has 0 radical (unpaired) electrons. The van der Waals surface area contributed by atoms with Crippen molar-refractivity contribution in [3.63, 3.8) is 0 Å². The molecule has 3 aromatic heterocycles. The number of aryl methyl sites for hydroxylation is 1. The molecule has 0 saturated carbocycles. The molecule has 0 aliphatic heterocycles. The van der Waals surface area contributed by atoms with Crippen molar-refractivity contribution in [3.05, 3.63) is 62.4 Å². The summed E-state index contributed by atoms with van der Waals surface area (Å²) in [4.78, 5) is 25.4. The monoisotopic (exact) mass is 467 g/mol. The van der Waals surface area contributed by atoms with Gasteiger partial charge in [-0.25, -0.2) is 4.79 Å². The lowest BCUT2D eigenvalue weighted by molar-refractivity contribution is -0.111. The molecule has 4 rings (SSSR count). The molecule has 2 amide bonds. The van der Waals surface area contributed by atoms with Crippen LogP contribution in [0.3, 0.4) is 0 Å². The van der Waals surface area contributed by atoms with Crippen molar-refractivity contribution in [1.29, 1.82) is 5.26 Å². The number of anilines is 1. The summed E-state index contributed by atoms with van der Waals surface area (Å²) in [5.41, 5.74) is 3.28. The van der Waals surface area contributed by atoms with E-state index in [2.05, 4.69) is 21.8 Å². The van der Waals surface area contributed by atoms with E-state index in [4.69, 9.17) is 4.74 Å². The van der Waals surface area contributed by atoms with Gasteiger partial charge in [0.2, 0.25) is 5.91 Å². The molecule has 0 bridgehead atoms. The van der Waals surface area contributed by atoms with Gasteiger partial charge < -0.3 is 15.4 Å².